The van der Waals surface area contributed by atoms with Crippen molar-refractivity contribution in [1.82, 2.24) is 5.32 Å². The van der Waals surface area contributed by atoms with Gasteiger partial charge < -0.3 is 9.73 Å². The number of halogens is 1. The average molecular weight is 230 g/mol. The third kappa shape index (κ3) is 3.18. The van der Waals surface area contributed by atoms with Gasteiger partial charge in [0.15, 0.2) is 0 Å². The molecule has 0 atom stereocenters. The van der Waals surface area contributed by atoms with Crippen molar-refractivity contribution in [3.63, 3.8) is 0 Å². The fourth-order valence-electron chi connectivity index (χ4n) is 1.14. The first-order valence-electron chi connectivity index (χ1n) is 4.19. The zero-order valence-electron chi connectivity index (χ0n) is 7.60. The Morgan fingerprint density at radius 1 is 1.29 bits per heavy atom. The van der Waals surface area contributed by atoms with Crippen molar-refractivity contribution in [3.05, 3.63) is 46.5 Å². The summed E-state index contributed by atoms with van der Waals surface area (Å²) in [5, 5.41) is 7.54. The highest BCUT2D eigenvalue weighted by atomic mass is 35.5. The van der Waals surface area contributed by atoms with Gasteiger partial charge in [0.05, 0.1) is 12.8 Å². The number of hydrogen-bond donors (Lipinski definition) is 1. The molecule has 0 aliphatic rings. The third-order valence-corrected chi connectivity index (χ3v) is 2.52. The molecular weight excluding hydrogens is 218 g/mol. The van der Waals surface area contributed by atoms with Crippen LogP contribution in [0, 0.1) is 0 Å². The van der Waals surface area contributed by atoms with E-state index in [2.05, 4.69) is 22.1 Å². The van der Waals surface area contributed by atoms with Gasteiger partial charge in [0.2, 0.25) is 0 Å². The minimum Gasteiger partial charge on any atom is -0.468 e. The quantitative estimate of drug-likeness (QED) is 0.872. The van der Waals surface area contributed by atoms with Crippen molar-refractivity contribution in [3.8, 4) is 0 Å². The van der Waals surface area contributed by atoms with Crippen LogP contribution in [0.4, 0.5) is 0 Å². The summed E-state index contributed by atoms with van der Waals surface area (Å²) in [5.74, 6) is 0.982. The van der Waals surface area contributed by atoms with Gasteiger partial charge in [-0.2, -0.15) is 11.3 Å². The maximum absolute atomic E-state index is 5.19. The van der Waals surface area contributed by atoms with E-state index in [9.17, 15) is 0 Å². The molecule has 0 spiro atoms. The highest BCUT2D eigenvalue weighted by molar-refractivity contribution is 7.07. The van der Waals surface area contributed by atoms with Crippen molar-refractivity contribution in [2.75, 3.05) is 0 Å². The van der Waals surface area contributed by atoms with Crippen LogP contribution in [0.1, 0.15) is 11.3 Å². The second kappa shape index (κ2) is 5.86. The van der Waals surface area contributed by atoms with Crippen LogP contribution in [0.2, 0.25) is 0 Å². The van der Waals surface area contributed by atoms with E-state index in [1.165, 1.54) is 5.56 Å². The Labute approximate surface area is 93.4 Å². The summed E-state index contributed by atoms with van der Waals surface area (Å²) in [6.45, 7) is 1.70. The Hall–Kier alpha value is -0.770. The smallest absolute Gasteiger partial charge is 0.117 e. The molecule has 4 heteroatoms. The summed E-state index contributed by atoms with van der Waals surface area (Å²) < 4.78 is 5.19. The number of furan rings is 1. The van der Waals surface area contributed by atoms with Crippen LogP contribution in [0.5, 0.6) is 0 Å². The molecule has 0 aliphatic heterocycles. The largest absolute Gasteiger partial charge is 0.468 e. The topological polar surface area (TPSA) is 25.2 Å². The summed E-state index contributed by atoms with van der Waals surface area (Å²) in [5.41, 5.74) is 1.33. The number of nitrogens with one attached hydrogen (secondary N) is 1. The fraction of sp³-hybridized carbons (Fsp3) is 0.200. The van der Waals surface area contributed by atoms with E-state index in [4.69, 9.17) is 4.42 Å². The van der Waals surface area contributed by atoms with E-state index in [0.717, 1.165) is 18.8 Å². The maximum Gasteiger partial charge on any atom is 0.117 e. The van der Waals surface area contributed by atoms with Crippen LogP contribution in [0.3, 0.4) is 0 Å². The van der Waals surface area contributed by atoms with Crippen molar-refractivity contribution in [2.45, 2.75) is 13.1 Å². The van der Waals surface area contributed by atoms with Crippen LogP contribution in [0.15, 0.2) is 39.6 Å². The summed E-state index contributed by atoms with van der Waals surface area (Å²) in [6.07, 6.45) is 1.70. The van der Waals surface area contributed by atoms with Crippen molar-refractivity contribution in [1.29, 1.82) is 0 Å². The molecule has 0 amide bonds. The van der Waals surface area contributed by atoms with E-state index in [0.29, 0.717) is 0 Å². The van der Waals surface area contributed by atoms with Gasteiger partial charge in [-0.25, -0.2) is 0 Å². The van der Waals surface area contributed by atoms with E-state index in [-0.39, 0.29) is 12.4 Å². The normalized spacial score (nSPS) is 9.71. The van der Waals surface area contributed by atoms with Crippen LogP contribution >= 0.6 is 23.7 Å². The Balaban J connectivity index is 0.000000980. The lowest BCUT2D eigenvalue weighted by Crippen LogP contribution is -2.11. The summed E-state index contributed by atoms with van der Waals surface area (Å²) >= 11 is 1.72. The fourth-order valence-corrected chi connectivity index (χ4v) is 1.81. The van der Waals surface area contributed by atoms with Crippen LogP contribution in [-0.4, -0.2) is 0 Å². The van der Waals surface area contributed by atoms with E-state index in [1.807, 2.05) is 12.1 Å². The molecule has 1 N–H and O–H groups in total. The van der Waals surface area contributed by atoms with Crippen molar-refractivity contribution < 1.29 is 4.42 Å². The minimum atomic E-state index is 0. The molecule has 2 rings (SSSR count). The molecule has 14 heavy (non-hydrogen) atoms. The van der Waals surface area contributed by atoms with Crippen LogP contribution in [-0.2, 0) is 13.1 Å². The highest BCUT2D eigenvalue weighted by Crippen LogP contribution is 2.05. The monoisotopic (exact) mass is 229 g/mol. The molecule has 2 aromatic heterocycles. The molecule has 0 radical (unpaired) electrons. The van der Waals surface area contributed by atoms with Gasteiger partial charge >= 0.3 is 0 Å². The molecular formula is C10H12ClNOS. The number of hydrogen-bond acceptors (Lipinski definition) is 3. The van der Waals surface area contributed by atoms with E-state index >= 15 is 0 Å². The molecule has 0 saturated carbocycles. The Bertz CT molecular complexity index is 297. The first-order chi connectivity index (χ1) is 6.45. The summed E-state index contributed by atoms with van der Waals surface area (Å²) in [7, 11) is 0. The minimum absolute atomic E-state index is 0. The standard InChI is InChI=1S/C10H11NOS.ClH/c1-2-10(12-4-1)7-11-6-9-3-5-13-8-9;/h1-5,8,11H,6-7H2;1H. The van der Waals surface area contributed by atoms with E-state index < -0.39 is 0 Å². The lowest BCUT2D eigenvalue weighted by molar-refractivity contribution is 0.483. The highest BCUT2D eigenvalue weighted by Gasteiger charge is 1.95. The second-order valence-corrected chi connectivity index (χ2v) is 3.59. The molecule has 0 aromatic carbocycles. The third-order valence-electron chi connectivity index (χ3n) is 1.79. The average Bonchev–Trinajstić information content (AvgIpc) is 2.75. The summed E-state index contributed by atoms with van der Waals surface area (Å²) in [4.78, 5) is 0. The molecule has 2 heterocycles. The second-order valence-electron chi connectivity index (χ2n) is 2.81. The van der Waals surface area contributed by atoms with Gasteiger partial charge in [-0.3, -0.25) is 0 Å². The zero-order chi connectivity index (χ0) is 8.93. The molecule has 2 nitrogen and oxygen atoms in total. The molecule has 0 fully saturated rings. The first kappa shape index (κ1) is 11.3. The summed E-state index contributed by atoms with van der Waals surface area (Å²) in [6, 6.07) is 6.00. The van der Waals surface area contributed by atoms with Crippen molar-refractivity contribution >= 4 is 23.7 Å². The molecule has 76 valence electrons. The number of thiophene rings is 1. The Morgan fingerprint density at radius 3 is 2.86 bits per heavy atom. The zero-order valence-corrected chi connectivity index (χ0v) is 9.24. The van der Waals surface area contributed by atoms with E-state index in [1.54, 1.807) is 17.6 Å². The van der Waals surface area contributed by atoms with Gasteiger partial charge in [0.25, 0.3) is 0 Å². The Kier molecular flexibility index (Phi) is 4.73. The molecule has 0 aliphatic carbocycles. The van der Waals surface area contributed by atoms with Crippen LogP contribution < -0.4 is 5.32 Å². The first-order valence-corrected chi connectivity index (χ1v) is 5.13. The van der Waals surface area contributed by atoms with Crippen molar-refractivity contribution in [2.24, 2.45) is 0 Å². The molecule has 0 bridgehead atoms. The van der Waals surface area contributed by atoms with Gasteiger partial charge in [-0.15, -0.1) is 12.4 Å². The van der Waals surface area contributed by atoms with Gasteiger partial charge in [-0.05, 0) is 34.5 Å². The lowest BCUT2D eigenvalue weighted by Gasteiger charge is -1.99. The molecule has 0 unspecified atom stereocenters. The number of rotatable bonds is 4. The maximum atomic E-state index is 5.19. The van der Waals surface area contributed by atoms with Crippen LogP contribution in [0.25, 0.3) is 0 Å². The van der Waals surface area contributed by atoms with Gasteiger partial charge in [0.1, 0.15) is 5.76 Å². The molecule has 0 saturated heterocycles. The van der Waals surface area contributed by atoms with Gasteiger partial charge in [0, 0.05) is 6.54 Å². The van der Waals surface area contributed by atoms with Gasteiger partial charge in [-0.1, -0.05) is 0 Å². The predicted molar refractivity (Wildman–Crippen MR) is 60.8 cm³/mol. The lowest BCUT2D eigenvalue weighted by atomic mass is 10.3. The SMILES string of the molecule is Cl.c1coc(CNCc2ccsc2)c1. The predicted octanol–water partition coefficient (Wildman–Crippen LogP) is 3.05. The Morgan fingerprint density at radius 2 is 2.21 bits per heavy atom. The molecule has 2 aromatic rings.